The largest absolute Gasteiger partial charge is 0.376 e. The Morgan fingerprint density at radius 2 is 1.70 bits per heavy atom. The number of imide groups is 1. The zero-order valence-electron chi connectivity index (χ0n) is 13.3. The third kappa shape index (κ3) is 4.02. The minimum atomic E-state index is -0.755. The van der Waals surface area contributed by atoms with Gasteiger partial charge >= 0.3 is 5.97 Å². The van der Waals surface area contributed by atoms with Crippen LogP contribution in [0.2, 0.25) is 0 Å². The van der Waals surface area contributed by atoms with Gasteiger partial charge in [-0.05, 0) is 57.0 Å². The second kappa shape index (κ2) is 6.31. The molecule has 0 atom stereocenters. The highest BCUT2D eigenvalue weighted by molar-refractivity contribution is 6.30. The minimum Gasteiger partial charge on any atom is -0.269 e. The van der Waals surface area contributed by atoms with Gasteiger partial charge < -0.3 is 0 Å². The van der Waals surface area contributed by atoms with E-state index in [0.717, 1.165) is 4.90 Å². The van der Waals surface area contributed by atoms with Gasteiger partial charge in [-0.2, -0.15) is 4.89 Å². The summed E-state index contributed by atoms with van der Waals surface area (Å²) in [5, 5.41) is 4.42. The molecule has 1 aromatic carbocycles. The summed E-state index contributed by atoms with van der Waals surface area (Å²) in [6.45, 7) is 6.76. The van der Waals surface area contributed by atoms with E-state index >= 15 is 0 Å². The van der Waals surface area contributed by atoms with Crippen molar-refractivity contribution in [3.63, 3.8) is 0 Å². The Morgan fingerprint density at radius 1 is 1.09 bits per heavy atom. The topological polar surface area (TPSA) is 82.1 Å². The van der Waals surface area contributed by atoms with Crippen LogP contribution in [0.4, 0.5) is 5.69 Å². The lowest BCUT2D eigenvalue weighted by atomic mass is 10.2. The fraction of sp³-hybridized carbons (Fsp3) is 0.312. The third-order valence-corrected chi connectivity index (χ3v) is 2.86. The van der Waals surface area contributed by atoms with Gasteiger partial charge in [0.2, 0.25) is 0 Å². The monoisotopic (exact) mass is 319 g/mol. The predicted octanol–water partition coefficient (Wildman–Crippen LogP) is 2.32. The highest BCUT2D eigenvalue weighted by Crippen LogP contribution is 2.22. The maximum absolute atomic E-state index is 11.9. The number of hydrogen-bond donors (Lipinski definition) is 0. The van der Waals surface area contributed by atoms with E-state index in [1.165, 1.54) is 30.3 Å². The molecule has 0 radical (unpaired) electrons. The van der Waals surface area contributed by atoms with Crippen LogP contribution < -0.4 is 4.90 Å². The molecule has 0 aliphatic carbocycles. The van der Waals surface area contributed by atoms with Crippen molar-refractivity contribution in [1.82, 2.24) is 0 Å². The molecule has 0 aromatic heterocycles. The van der Waals surface area contributed by atoms with Crippen LogP contribution in [0, 0.1) is 0 Å². The molecule has 0 spiro atoms. The summed E-state index contributed by atoms with van der Waals surface area (Å²) in [6.07, 6.45) is 1.27. The smallest absolute Gasteiger partial charge is 0.269 e. The fourth-order valence-corrected chi connectivity index (χ4v) is 1.78. The average Bonchev–Trinajstić information content (AvgIpc) is 2.71. The van der Waals surface area contributed by atoms with Gasteiger partial charge in [-0.15, -0.1) is 0 Å². The predicted molar refractivity (Wildman–Crippen MR) is 80.0 cm³/mol. The molecule has 0 bridgehead atoms. The van der Waals surface area contributed by atoms with Crippen molar-refractivity contribution in [2.24, 2.45) is 0 Å². The number of nitrogens with zero attached hydrogens (tertiary/aromatic N) is 1. The first-order valence-corrected chi connectivity index (χ1v) is 6.92. The van der Waals surface area contributed by atoms with E-state index in [9.17, 15) is 14.4 Å². The van der Waals surface area contributed by atoms with E-state index in [-0.39, 0.29) is 11.5 Å². The van der Waals surface area contributed by atoms with Gasteiger partial charge in [-0.3, -0.25) is 14.5 Å². The summed E-state index contributed by atoms with van der Waals surface area (Å²) in [5.74, 6) is -1.55. The maximum atomic E-state index is 11.9. The molecule has 7 nitrogen and oxygen atoms in total. The van der Waals surface area contributed by atoms with Crippen LogP contribution in [0.5, 0.6) is 0 Å². The molecule has 0 unspecified atom stereocenters. The van der Waals surface area contributed by atoms with Gasteiger partial charge in [0, 0.05) is 11.6 Å². The first-order chi connectivity index (χ1) is 10.7. The summed E-state index contributed by atoms with van der Waals surface area (Å²) in [4.78, 5) is 45.7. The van der Waals surface area contributed by atoms with Crippen LogP contribution in [0.15, 0.2) is 35.9 Å². The lowest BCUT2D eigenvalue weighted by Gasteiger charge is -2.16. The Morgan fingerprint density at radius 3 is 2.17 bits per heavy atom. The quantitative estimate of drug-likeness (QED) is 0.481. The molecule has 0 N–H and O–H groups in total. The molecule has 1 aromatic rings. The number of rotatable bonds is 4. The molecular formula is C16H17NO6. The van der Waals surface area contributed by atoms with Crippen LogP contribution in [0.3, 0.4) is 0 Å². The lowest BCUT2D eigenvalue weighted by molar-refractivity contribution is -0.510. The van der Waals surface area contributed by atoms with Crippen molar-refractivity contribution in [2.45, 2.75) is 33.3 Å². The number of hydrogen-bond acceptors (Lipinski definition) is 6. The van der Waals surface area contributed by atoms with E-state index in [1.807, 2.05) is 0 Å². The van der Waals surface area contributed by atoms with Crippen LogP contribution in [-0.4, -0.2) is 23.4 Å². The van der Waals surface area contributed by atoms with Crippen molar-refractivity contribution in [3.8, 4) is 0 Å². The molecule has 1 aliphatic rings. The van der Waals surface area contributed by atoms with Crippen LogP contribution >= 0.6 is 0 Å². The van der Waals surface area contributed by atoms with Crippen molar-refractivity contribution in [2.75, 3.05) is 4.90 Å². The summed E-state index contributed by atoms with van der Waals surface area (Å²) in [6, 6.07) is 5.80. The second-order valence-electron chi connectivity index (χ2n) is 5.99. The van der Waals surface area contributed by atoms with E-state index in [1.54, 1.807) is 27.7 Å². The van der Waals surface area contributed by atoms with E-state index in [2.05, 4.69) is 9.93 Å². The van der Waals surface area contributed by atoms with Crippen molar-refractivity contribution >= 4 is 23.5 Å². The van der Waals surface area contributed by atoms with Crippen molar-refractivity contribution < 1.29 is 29.2 Å². The summed E-state index contributed by atoms with van der Waals surface area (Å²) in [7, 11) is 0. The van der Waals surface area contributed by atoms with Crippen LogP contribution in [0.25, 0.3) is 0 Å². The van der Waals surface area contributed by atoms with Gasteiger partial charge in [-0.25, -0.2) is 9.69 Å². The molecule has 23 heavy (non-hydrogen) atoms. The Balaban J connectivity index is 2.01. The van der Waals surface area contributed by atoms with Crippen LogP contribution in [-0.2, 0) is 24.4 Å². The van der Waals surface area contributed by atoms with Gasteiger partial charge in [-0.1, -0.05) is 0 Å². The Kier molecular flexibility index (Phi) is 4.63. The molecule has 122 valence electrons. The lowest BCUT2D eigenvalue weighted by Crippen LogP contribution is -2.30. The first-order valence-electron chi connectivity index (χ1n) is 6.92. The minimum absolute atomic E-state index is 0.190. The average molecular weight is 319 g/mol. The zero-order valence-corrected chi connectivity index (χ0v) is 13.3. The molecular weight excluding hydrogens is 302 g/mol. The van der Waals surface area contributed by atoms with Gasteiger partial charge in [0.1, 0.15) is 0 Å². The van der Waals surface area contributed by atoms with Crippen molar-refractivity contribution in [1.29, 1.82) is 0 Å². The molecule has 1 aliphatic heterocycles. The van der Waals surface area contributed by atoms with E-state index in [4.69, 9.17) is 4.89 Å². The normalized spacial score (nSPS) is 15.0. The highest BCUT2D eigenvalue weighted by Gasteiger charge is 2.29. The Bertz CT molecular complexity index is 669. The number of carbonyl (C=O) groups is 3. The molecule has 2 amide bonds. The maximum Gasteiger partial charge on any atom is 0.376 e. The zero-order chi connectivity index (χ0) is 17.2. The SMILES string of the molecule is CC1=CC(=O)N(c2ccc(C(=O)OOOC(C)(C)C)cc2)C1=O. The standard InChI is InChI=1S/C16H17NO6/c1-10-9-13(18)17(14(10)19)12-7-5-11(6-8-12)15(20)21-23-22-16(2,3)4/h5-9H,1-4H3. The van der Waals surface area contributed by atoms with Gasteiger partial charge in [0.05, 0.1) is 16.9 Å². The molecule has 0 saturated carbocycles. The summed E-state index contributed by atoms with van der Waals surface area (Å²) < 4.78 is 0. The number of benzene rings is 1. The van der Waals surface area contributed by atoms with Gasteiger partial charge in [0.25, 0.3) is 11.8 Å². The van der Waals surface area contributed by atoms with Gasteiger partial charge in [0.15, 0.2) is 0 Å². The Hall–Kier alpha value is -2.51. The van der Waals surface area contributed by atoms with E-state index in [0.29, 0.717) is 11.3 Å². The summed E-state index contributed by atoms with van der Waals surface area (Å²) in [5.41, 5.74) is 0.309. The number of amides is 2. The first kappa shape index (κ1) is 16.9. The molecule has 7 heteroatoms. The summed E-state index contributed by atoms with van der Waals surface area (Å²) >= 11 is 0. The molecule has 0 saturated heterocycles. The fourth-order valence-electron chi connectivity index (χ4n) is 1.78. The second-order valence-corrected chi connectivity index (χ2v) is 5.99. The Labute approximate surface area is 133 Å². The number of carbonyl (C=O) groups excluding carboxylic acids is 3. The van der Waals surface area contributed by atoms with E-state index < -0.39 is 17.5 Å². The highest BCUT2D eigenvalue weighted by atomic mass is 17.5. The molecule has 0 fully saturated rings. The molecule has 1 heterocycles. The number of anilines is 1. The van der Waals surface area contributed by atoms with Crippen molar-refractivity contribution in [3.05, 3.63) is 41.5 Å². The third-order valence-electron chi connectivity index (χ3n) is 2.86. The van der Waals surface area contributed by atoms with Crippen LogP contribution in [0.1, 0.15) is 38.1 Å². The molecule has 2 rings (SSSR count).